The molecule has 0 aliphatic rings. The predicted octanol–water partition coefficient (Wildman–Crippen LogP) is 2.62. The Bertz CT molecular complexity index is 481. The molecule has 2 N–H and O–H groups in total. The van der Waals surface area contributed by atoms with Crippen LogP contribution in [0.1, 0.15) is 12.5 Å². The van der Waals surface area contributed by atoms with Crippen molar-refractivity contribution in [2.24, 2.45) is 0 Å². The van der Waals surface area contributed by atoms with Crippen LogP contribution in [0.4, 0.5) is 13.2 Å². The Hall–Kier alpha value is -1.28. The second kappa shape index (κ2) is 8.23. The van der Waals surface area contributed by atoms with Crippen molar-refractivity contribution in [2.75, 3.05) is 19.7 Å². The van der Waals surface area contributed by atoms with E-state index in [0.717, 1.165) is 16.6 Å². The van der Waals surface area contributed by atoms with Crippen LogP contribution in [0.3, 0.4) is 0 Å². The highest BCUT2D eigenvalue weighted by Gasteiger charge is 2.27. The van der Waals surface area contributed by atoms with Crippen molar-refractivity contribution in [1.82, 2.24) is 10.6 Å². The van der Waals surface area contributed by atoms with Crippen LogP contribution in [0.2, 0.25) is 0 Å². The first-order chi connectivity index (χ1) is 9.81. The van der Waals surface area contributed by atoms with Gasteiger partial charge >= 0.3 is 6.18 Å². The topological polar surface area (TPSA) is 50.4 Å². The van der Waals surface area contributed by atoms with E-state index in [1.807, 2.05) is 13.0 Å². The van der Waals surface area contributed by atoms with Crippen molar-refractivity contribution in [3.63, 3.8) is 0 Å². The zero-order valence-corrected chi connectivity index (χ0v) is 13.0. The molecule has 0 atom stereocenters. The number of benzene rings is 1. The number of alkyl halides is 3. The van der Waals surface area contributed by atoms with Gasteiger partial charge in [-0.1, -0.05) is 22.9 Å². The first-order valence-corrected chi connectivity index (χ1v) is 7.06. The fraction of sp³-hybridized carbons (Fsp3) is 0.462. The lowest BCUT2D eigenvalue weighted by Crippen LogP contribution is -2.36. The number of hydrogen-bond donors (Lipinski definition) is 2. The third-order valence-corrected chi connectivity index (χ3v) is 2.93. The average molecular weight is 369 g/mol. The molecular formula is C13H16BrF3N2O2. The summed E-state index contributed by atoms with van der Waals surface area (Å²) >= 11 is 3.33. The van der Waals surface area contributed by atoms with E-state index in [9.17, 15) is 18.0 Å². The van der Waals surface area contributed by atoms with Gasteiger partial charge in [0.25, 0.3) is 5.91 Å². The van der Waals surface area contributed by atoms with Gasteiger partial charge in [-0.05, 0) is 24.7 Å². The second-order valence-electron chi connectivity index (χ2n) is 4.21. The summed E-state index contributed by atoms with van der Waals surface area (Å²) in [6, 6.07) is 5.22. The largest absolute Gasteiger partial charge is 0.483 e. The number of rotatable bonds is 7. The SMILES string of the molecule is CCNCc1cc(Br)ccc1OCC(=O)NCC(F)(F)F. The highest BCUT2D eigenvalue weighted by molar-refractivity contribution is 9.10. The van der Waals surface area contributed by atoms with Crippen molar-refractivity contribution < 1.29 is 22.7 Å². The summed E-state index contributed by atoms with van der Waals surface area (Å²) in [5.41, 5.74) is 0.815. The number of carbonyl (C=O) groups excluding carboxylic acids is 1. The number of amides is 1. The first kappa shape index (κ1) is 17.8. The van der Waals surface area contributed by atoms with E-state index in [1.165, 1.54) is 0 Å². The maximum atomic E-state index is 12.0. The van der Waals surface area contributed by atoms with E-state index in [-0.39, 0.29) is 0 Å². The van der Waals surface area contributed by atoms with Gasteiger partial charge in [0, 0.05) is 16.6 Å². The number of carbonyl (C=O) groups is 1. The minimum absolute atomic E-state index is 0.460. The molecule has 1 rings (SSSR count). The van der Waals surface area contributed by atoms with Crippen LogP contribution in [0, 0.1) is 0 Å². The highest BCUT2D eigenvalue weighted by Crippen LogP contribution is 2.23. The number of nitrogens with one attached hydrogen (secondary N) is 2. The molecule has 0 fully saturated rings. The Morgan fingerprint density at radius 1 is 1.38 bits per heavy atom. The van der Waals surface area contributed by atoms with Crippen molar-refractivity contribution in [3.8, 4) is 5.75 Å². The maximum absolute atomic E-state index is 12.0. The summed E-state index contributed by atoms with van der Waals surface area (Å²) in [4.78, 5) is 11.3. The van der Waals surface area contributed by atoms with Crippen LogP contribution in [-0.4, -0.2) is 31.8 Å². The molecule has 8 heteroatoms. The normalized spacial score (nSPS) is 11.3. The Morgan fingerprint density at radius 2 is 2.10 bits per heavy atom. The van der Waals surface area contributed by atoms with Crippen LogP contribution < -0.4 is 15.4 Å². The summed E-state index contributed by atoms with van der Waals surface area (Å²) in [6.45, 7) is 1.42. The van der Waals surface area contributed by atoms with Crippen LogP contribution in [0.5, 0.6) is 5.75 Å². The monoisotopic (exact) mass is 368 g/mol. The Morgan fingerprint density at radius 3 is 2.71 bits per heavy atom. The van der Waals surface area contributed by atoms with Gasteiger partial charge in [0.2, 0.25) is 0 Å². The predicted molar refractivity (Wildman–Crippen MR) is 76.1 cm³/mol. The lowest BCUT2D eigenvalue weighted by molar-refractivity contribution is -0.139. The van der Waals surface area contributed by atoms with Gasteiger partial charge in [0.15, 0.2) is 6.61 Å². The van der Waals surface area contributed by atoms with E-state index in [4.69, 9.17) is 4.74 Å². The molecule has 0 spiro atoms. The minimum Gasteiger partial charge on any atom is -0.483 e. The zero-order chi connectivity index (χ0) is 15.9. The van der Waals surface area contributed by atoms with Crippen LogP contribution in [0.15, 0.2) is 22.7 Å². The van der Waals surface area contributed by atoms with Crippen LogP contribution in [0.25, 0.3) is 0 Å². The van der Waals surface area contributed by atoms with Gasteiger partial charge in [-0.25, -0.2) is 0 Å². The van der Waals surface area contributed by atoms with Crippen molar-refractivity contribution >= 4 is 21.8 Å². The third-order valence-electron chi connectivity index (χ3n) is 2.43. The van der Waals surface area contributed by atoms with Gasteiger partial charge in [-0.3, -0.25) is 4.79 Å². The molecular weight excluding hydrogens is 353 g/mol. The van der Waals surface area contributed by atoms with Gasteiger partial charge in [-0.2, -0.15) is 13.2 Å². The van der Waals surface area contributed by atoms with Gasteiger partial charge < -0.3 is 15.4 Å². The first-order valence-electron chi connectivity index (χ1n) is 6.27. The minimum atomic E-state index is -4.43. The Balaban J connectivity index is 2.56. The summed E-state index contributed by atoms with van der Waals surface area (Å²) in [5.74, 6) is -0.356. The van der Waals surface area contributed by atoms with Gasteiger partial charge in [-0.15, -0.1) is 0 Å². The van der Waals surface area contributed by atoms with Crippen LogP contribution >= 0.6 is 15.9 Å². The van der Waals surface area contributed by atoms with E-state index in [0.29, 0.717) is 12.3 Å². The van der Waals surface area contributed by atoms with E-state index in [2.05, 4.69) is 21.2 Å². The molecule has 0 unspecified atom stereocenters. The molecule has 21 heavy (non-hydrogen) atoms. The lowest BCUT2D eigenvalue weighted by atomic mass is 10.2. The molecule has 0 aromatic heterocycles. The summed E-state index contributed by atoms with van der Waals surface area (Å²) in [7, 11) is 0. The highest BCUT2D eigenvalue weighted by atomic mass is 79.9. The van der Waals surface area contributed by atoms with Gasteiger partial charge in [0.05, 0.1) is 0 Å². The molecule has 0 bridgehead atoms. The molecule has 0 heterocycles. The summed E-state index contributed by atoms with van der Waals surface area (Å²) < 4.78 is 42.0. The van der Waals surface area contributed by atoms with Crippen molar-refractivity contribution in [1.29, 1.82) is 0 Å². The van der Waals surface area contributed by atoms with E-state index < -0.39 is 25.2 Å². The molecule has 118 valence electrons. The summed E-state index contributed by atoms with van der Waals surface area (Å²) in [5, 5.41) is 4.87. The number of halogens is 4. The fourth-order valence-electron chi connectivity index (χ4n) is 1.48. The molecule has 1 aromatic rings. The van der Waals surface area contributed by atoms with Crippen LogP contribution in [-0.2, 0) is 11.3 Å². The van der Waals surface area contributed by atoms with E-state index >= 15 is 0 Å². The molecule has 0 saturated carbocycles. The zero-order valence-electron chi connectivity index (χ0n) is 11.4. The lowest BCUT2D eigenvalue weighted by Gasteiger charge is -2.13. The second-order valence-corrected chi connectivity index (χ2v) is 5.13. The molecule has 4 nitrogen and oxygen atoms in total. The molecule has 1 aromatic carbocycles. The molecule has 0 saturated heterocycles. The maximum Gasteiger partial charge on any atom is 0.405 e. The standard InChI is InChI=1S/C13H16BrF3N2O2/c1-2-18-6-9-5-10(14)3-4-11(9)21-7-12(20)19-8-13(15,16)17/h3-5,18H,2,6-8H2,1H3,(H,19,20). The van der Waals surface area contributed by atoms with E-state index in [1.54, 1.807) is 17.4 Å². The van der Waals surface area contributed by atoms with Crippen molar-refractivity contribution in [3.05, 3.63) is 28.2 Å². The molecule has 0 aliphatic heterocycles. The smallest absolute Gasteiger partial charge is 0.405 e. The third kappa shape index (κ3) is 7.33. The fourth-order valence-corrected chi connectivity index (χ4v) is 1.89. The summed E-state index contributed by atoms with van der Waals surface area (Å²) in [6.07, 6.45) is -4.43. The Labute approximate surface area is 129 Å². The number of ether oxygens (including phenoxy) is 1. The molecule has 0 aliphatic carbocycles. The molecule has 0 radical (unpaired) electrons. The average Bonchev–Trinajstić information content (AvgIpc) is 2.41. The van der Waals surface area contributed by atoms with Crippen molar-refractivity contribution in [2.45, 2.75) is 19.6 Å². The quantitative estimate of drug-likeness (QED) is 0.777. The van der Waals surface area contributed by atoms with Gasteiger partial charge in [0.1, 0.15) is 12.3 Å². The molecule has 1 amide bonds. The number of hydrogen-bond acceptors (Lipinski definition) is 3. The Kier molecular flexibility index (Phi) is 6.97.